The van der Waals surface area contributed by atoms with E-state index in [-0.39, 0.29) is 6.04 Å². The van der Waals surface area contributed by atoms with Gasteiger partial charge in [-0.3, -0.25) is 4.90 Å². The zero-order valence-corrected chi connectivity index (χ0v) is 19.8. The van der Waals surface area contributed by atoms with Gasteiger partial charge < -0.3 is 9.26 Å². The lowest BCUT2D eigenvalue weighted by atomic mass is 9.96. The van der Waals surface area contributed by atoms with Gasteiger partial charge in [0.2, 0.25) is 11.7 Å². The fourth-order valence-electron chi connectivity index (χ4n) is 4.49. The summed E-state index contributed by atoms with van der Waals surface area (Å²) < 4.78 is 40.5. The van der Waals surface area contributed by atoms with E-state index < -0.39 is 10.2 Å². The zero-order valence-electron chi connectivity index (χ0n) is 18.9. The van der Waals surface area contributed by atoms with Crippen LogP contribution in [0.5, 0.6) is 5.75 Å². The predicted molar refractivity (Wildman–Crippen MR) is 121 cm³/mol. The largest absolute Gasteiger partial charge is 0.493 e. The first kappa shape index (κ1) is 23.2. The standard InChI is InChI=1S/C22H33N5O4S/c1-3-30-20-12-8-7-11-19(20)22-23-21(31-24-22)17-26-13-15-27(16-14-26)32(28,29)25(2)18-9-5-4-6-10-18/h7-8,11-12,18H,3-6,9-10,13-17H2,1-2H3. The summed E-state index contributed by atoms with van der Waals surface area (Å²) in [6.45, 7) is 5.18. The second kappa shape index (κ2) is 10.3. The van der Waals surface area contributed by atoms with Gasteiger partial charge >= 0.3 is 0 Å². The zero-order chi connectivity index (χ0) is 22.6. The Hall–Kier alpha value is -2.01. The van der Waals surface area contributed by atoms with Gasteiger partial charge in [0.15, 0.2) is 0 Å². The van der Waals surface area contributed by atoms with Crippen molar-refractivity contribution in [2.24, 2.45) is 0 Å². The van der Waals surface area contributed by atoms with Gasteiger partial charge in [-0.05, 0) is 31.9 Å². The Morgan fingerprint density at radius 1 is 1.12 bits per heavy atom. The molecule has 4 rings (SSSR count). The summed E-state index contributed by atoms with van der Waals surface area (Å²) >= 11 is 0. The molecular formula is C22H33N5O4S. The van der Waals surface area contributed by atoms with E-state index in [1.165, 1.54) is 6.42 Å². The molecule has 1 aromatic carbocycles. The summed E-state index contributed by atoms with van der Waals surface area (Å²) in [6.07, 6.45) is 5.35. The van der Waals surface area contributed by atoms with Crippen LogP contribution in [0.3, 0.4) is 0 Å². The molecule has 1 aliphatic carbocycles. The van der Waals surface area contributed by atoms with Crippen LogP contribution in [0.15, 0.2) is 28.8 Å². The van der Waals surface area contributed by atoms with Gasteiger partial charge in [0.25, 0.3) is 10.2 Å². The minimum Gasteiger partial charge on any atom is -0.493 e. The highest BCUT2D eigenvalue weighted by molar-refractivity contribution is 7.86. The monoisotopic (exact) mass is 463 g/mol. The summed E-state index contributed by atoms with van der Waals surface area (Å²) in [4.78, 5) is 6.69. The maximum absolute atomic E-state index is 13.1. The van der Waals surface area contributed by atoms with Gasteiger partial charge in [-0.2, -0.15) is 22.0 Å². The molecule has 0 unspecified atom stereocenters. The Kier molecular flexibility index (Phi) is 7.44. The molecule has 2 fully saturated rings. The highest BCUT2D eigenvalue weighted by atomic mass is 32.2. The van der Waals surface area contributed by atoms with Crippen molar-refractivity contribution in [2.45, 2.75) is 51.6 Å². The van der Waals surface area contributed by atoms with Crippen molar-refractivity contribution in [3.8, 4) is 17.1 Å². The van der Waals surface area contributed by atoms with Crippen LogP contribution in [0.1, 0.15) is 44.9 Å². The van der Waals surface area contributed by atoms with E-state index in [0.717, 1.165) is 37.0 Å². The highest BCUT2D eigenvalue weighted by Gasteiger charge is 2.34. The molecule has 1 aromatic heterocycles. The molecule has 0 radical (unpaired) electrons. The van der Waals surface area contributed by atoms with Crippen LogP contribution in [0.4, 0.5) is 0 Å². The topological polar surface area (TPSA) is 92.0 Å². The van der Waals surface area contributed by atoms with E-state index in [1.54, 1.807) is 15.7 Å². The van der Waals surface area contributed by atoms with E-state index in [1.807, 2.05) is 31.2 Å². The summed E-state index contributed by atoms with van der Waals surface area (Å²) in [5, 5.41) is 4.12. The Balaban J connectivity index is 1.34. The summed E-state index contributed by atoms with van der Waals surface area (Å²) in [6, 6.07) is 7.75. The van der Waals surface area contributed by atoms with Crippen molar-refractivity contribution in [1.29, 1.82) is 0 Å². The molecule has 1 saturated carbocycles. The van der Waals surface area contributed by atoms with Crippen LogP contribution in [0.2, 0.25) is 0 Å². The van der Waals surface area contributed by atoms with Crippen molar-refractivity contribution >= 4 is 10.2 Å². The molecule has 9 nitrogen and oxygen atoms in total. The van der Waals surface area contributed by atoms with Gasteiger partial charge in [-0.1, -0.05) is 36.6 Å². The lowest BCUT2D eigenvalue weighted by Gasteiger charge is -2.38. The molecule has 1 aliphatic heterocycles. The number of piperazine rings is 1. The van der Waals surface area contributed by atoms with E-state index in [0.29, 0.717) is 51.0 Å². The van der Waals surface area contributed by atoms with Crippen LogP contribution in [-0.4, -0.2) is 77.9 Å². The molecular weight excluding hydrogens is 430 g/mol. The molecule has 2 aliphatic rings. The minimum atomic E-state index is -3.43. The molecule has 32 heavy (non-hydrogen) atoms. The molecule has 0 atom stereocenters. The fraction of sp³-hybridized carbons (Fsp3) is 0.636. The smallest absolute Gasteiger partial charge is 0.282 e. The van der Waals surface area contributed by atoms with Gasteiger partial charge in [0, 0.05) is 39.3 Å². The van der Waals surface area contributed by atoms with Crippen LogP contribution in [-0.2, 0) is 16.8 Å². The third-order valence-corrected chi connectivity index (χ3v) is 8.41. The van der Waals surface area contributed by atoms with Crippen molar-refractivity contribution < 1.29 is 17.7 Å². The number of hydrogen-bond donors (Lipinski definition) is 0. The maximum atomic E-state index is 13.1. The molecule has 0 spiro atoms. The Bertz CT molecular complexity index is 982. The van der Waals surface area contributed by atoms with Crippen molar-refractivity contribution in [2.75, 3.05) is 39.8 Å². The molecule has 176 valence electrons. The maximum Gasteiger partial charge on any atom is 0.282 e. The molecule has 10 heteroatoms. The lowest BCUT2D eigenvalue weighted by molar-refractivity contribution is 0.155. The average Bonchev–Trinajstić information content (AvgIpc) is 3.28. The predicted octanol–water partition coefficient (Wildman–Crippen LogP) is 2.76. The van der Waals surface area contributed by atoms with Crippen molar-refractivity contribution in [1.82, 2.24) is 23.7 Å². The van der Waals surface area contributed by atoms with Gasteiger partial charge in [0.05, 0.1) is 18.7 Å². The highest BCUT2D eigenvalue weighted by Crippen LogP contribution is 2.28. The second-order valence-electron chi connectivity index (χ2n) is 8.43. The molecule has 2 aromatic rings. The molecule has 0 bridgehead atoms. The van der Waals surface area contributed by atoms with Gasteiger partial charge in [-0.25, -0.2) is 0 Å². The Morgan fingerprint density at radius 3 is 2.56 bits per heavy atom. The molecule has 0 amide bonds. The Morgan fingerprint density at radius 2 is 1.84 bits per heavy atom. The quantitative estimate of drug-likeness (QED) is 0.594. The van der Waals surface area contributed by atoms with Crippen LogP contribution in [0, 0.1) is 0 Å². The first-order chi connectivity index (χ1) is 15.5. The van der Waals surface area contributed by atoms with Crippen molar-refractivity contribution in [3.63, 3.8) is 0 Å². The van der Waals surface area contributed by atoms with Crippen LogP contribution < -0.4 is 4.74 Å². The van der Waals surface area contributed by atoms with Crippen LogP contribution in [0.25, 0.3) is 11.4 Å². The number of benzene rings is 1. The number of para-hydroxylation sites is 1. The summed E-state index contributed by atoms with van der Waals surface area (Å²) in [5.74, 6) is 1.74. The van der Waals surface area contributed by atoms with Crippen LogP contribution >= 0.6 is 0 Å². The van der Waals surface area contributed by atoms with Gasteiger partial charge in [0.1, 0.15) is 5.75 Å². The van der Waals surface area contributed by atoms with E-state index in [4.69, 9.17) is 9.26 Å². The SMILES string of the molecule is CCOc1ccccc1-c1noc(CN2CCN(S(=O)(=O)N(C)C3CCCCC3)CC2)n1. The summed E-state index contributed by atoms with van der Waals surface area (Å²) in [7, 11) is -1.69. The molecule has 0 N–H and O–H groups in total. The third kappa shape index (κ3) is 5.14. The summed E-state index contributed by atoms with van der Waals surface area (Å²) in [5.41, 5.74) is 0.797. The number of rotatable bonds is 8. The lowest BCUT2D eigenvalue weighted by Crippen LogP contribution is -2.54. The van der Waals surface area contributed by atoms with E-state index in [9.17, 15) is 8.42 Å². The number of nitrogens with zero attached hydrogens (tertiary/aromatic N) is 5. The third-order valence-electron chi connectivity index (χ3n) is 6.37. The minimum absolute atomic E-state index is 0.128. The van der Waals surface area contributed by atoms with Crippen molar-refractivity contribution in [3.05, 3.63) is 30.2 Å². The molecule has 2 heterocycles. The fourth-order valence-corrected chi connectivity index (χ4v) is 6.06. The van der Waals surface area contributed by atoms with E-state index in [2.05, 4.69) is 15.0 Å². The average molecular weight is 464 g/mol. The normalized spacial score (nSPS) is 19.5. The Labute approximate surface area is 190 Å². The number of aromatic nitrogens is 2. The number of ether oxygens (including phenoxy) is 1. The first-order valence-electron chi connectivity index (χ1n) is 11.5. The second-order valence-corrected chi connectivity index (χ2v) is 10.4. The molecule has 1 saturated heterocycles. The van der Waals surface area contributed by atoms with E-state index >= 15 is 0 Å². The van der Waals surface area contributed by atoms with Gasteiger partial charge in [-0.15, -0.1) is 0 Å². The number of hydrogen-bond acceptors (Lipinski definition) is 7. The first-order valence-corrected chi connectivity index (χ1v) is 12.9.